The molecule has 0 saturated heterocycles. The minimum Gasteiger partial charge on any atom is -0.388 e. The van der Waals surface area contributed by atoms with Gasteiger partial charge in [-0.2, -0.15) is 0 Å². The van der Waals surface area contributed by atoms with Crippen LogP contribution >= 0.6 is 12.2 Å². The van der Waals surface area contributed by atoms with Crippen molar-refractivity contribution < 1.29 is 0 Å². The lowest BCUT2D eigenvalue weighted by Crippen LogP contribution is -2.21. The van der Waals surface area contributed by atoms with Crippen LogP contribution in [0.2, 0.25) is 0 Å². The Balaban J connectivity index is 1.94. The standard InChI is InChI=1S/C11H15N3S/c12-11(15)9-5-2-6-10(14-9)13-7-8-3-1-4-8/h2,5-6,8H,1,3-4,7H2,(H2,12,15)(H,13,14). The summed E-state index contributed by atoms with van der Waals surface area (Å²) < 4.78 is 0. The number of hydrogen-bond acceptors (Lipinski definition) is 3. The average Bonchev–Trinajstić information content (AvgIpc) is 2.16. The fourth-order valence-electron chi connectivity index (χ4n) is 1.62. The Morgan fingerprint density at radius 1 is 1.53 bits per heavy atom. The second kappa shape index (κ2) is 4.57. The Morgan fingerprint density at radius 2 is 2.33 bits per heavy atom. The molecule has 1 heterocycles. The van der Waals surface area contributed by atoms with Gasteiger partial charge in [0, 0.05) is 6.54 Å². The van der Waals surface area contributed by atoms with Gasteiger partial charge in [-0.3, -0.25) is 0 Å². The lowest BCUT2D eigenvalue weighted by molar-refractivity contribution is 0.333. The predicted octanol–water partition coefficient (Wildman–Crippen LogP) is 1.93. The van der Waals surface area contributed by atoms with Gasteiger partial charge in [-0.25, -0.2) is 4.98 Å². The molecule has 0 radical (unpaired) electrons. The van der Waals surface area contributed by atoms with Crippen molar-refractivity contribution in [3.05, 3.63) is 23.9 Å². The zero-order valence-corrected chi connectivity index (χ0v) is 9.39. The number of anilines is 1. The molecule has 1 aliphatic carbocycles. The summed E-state index contributed by atoms with van der Waals surface area (Å²) in [5.41, 5.74) is 6.20. The molecule has 3 N–H and O–H groups in total. The predicted molar refractivity (Wildman–Crippen MR) is 66.0 cm³/mol. The normalized spacial score (nSPS) is 15.7. The van der Waals surface area contributed by atoms with Crippen molar-refractivity contribution in [2.24, 2.45) is 11.7 Å². The van der Waals surface area contributed by atoms with Crippen molar-refractivity contribution in [3.63, 3.8) is 0 Å². The number of nitrogens with two attached hydrogens (primary N) is 1. The van der Waals surface area contributed by atoms with Crippen molar-refractivity contribution in [1.29, 1.82) is 0 Å². The number of nitrogens with one attached hydrogen (secondary N) is 1. The van der Waals surface area contributed by atoms with Gasteiger partial charge in [0.2, 0.25) is 0 Å². The third kappa shape index (κ3) is 2.65. The van der Waals surface area contributed by atoms with E-state index in [1.807, 2.05) is 18.2 Å². The largest absolute Gasteiger partial charge is 0.388 e. The molecule has 1 saturated carbocycles. The molecule has 1 aromatic heterocycles. The van der Waals surface area contributed by atoms with E-state index in [-0.39, 0.29) is 0 Å². The first kappa shape index (κ1) is 10.4. The van der Waals surface area contributed by atoms with E-state index in [2.05, 4.69) is 10.3 Å². The number of rotatable bonds is 4. The molecule has 4 heteroatoms. The number of pyridine rings is 1. The van der Waals surface area contributed by atoms with E-state index >= 15 is 0 Å². The molecule has 2 rings (SSSR count). The first-order valence-corrected chi connectivity index (χ1v) is 5.67. The summed E-state index contributed by atoms with van der Waals surface area (Å²) in [4.78, 5) is 4.67. The van der Waals surface area contributed by atoms with Crippen LogP contribution in [0.3, 0.4) is 0 Å². The Hall–Kier alpha value is -1.16. The molecule has 1 aliphatic rings. The molecule has 3 nitrogen and oxygen atoms in total. The van der Waals surface area contributed by atoms with Crippen LogP contribution < -0.4 is 11.1 Å². The SMILES string of the molecule is NC(=S)c1cccc(NCC2CCC2)n1. The quantitative estimate of drug-likeness (QED) is 0.763. The monoisotopic (exact) mass is 221 g/mol. The number of thiocarbonyl (C=S) groups is 1. The Morgan fingerprint density at radius 3 is 2.93 bits per heavy atom. The van der Waals surface area contributed by atoms with Gasteiger partial charge in [-0.1, -0.05) is 24.7 Å². The summed E-state index contributed by atoms with van der Waals surface area (Å²) in [6, 6.07) is 5.70. The molecular formula is C11H15N3S. The van der Waals surface area contributed by atoms with Gasteiger partial charge in [-0.05, 0) is 30.9 Å². The number of aromatic nitrogens is 1. The van der Waals surface area contributed by atoms with Gasteiger partial charge >= 0.3 is 0 Å². The average molecular weight is 221 g/mol. The summed E-state index contributed by atoms with van der Waals surface area (Å²) in [6.45, 7) is 1.01. The topological polar surface area (TPSA) is 50.9 Å². The minimum atomic E-state index is 0.349. The van der Waals surface area contributed by atoms with Crippen molar-refractivity contribution in [2.45, 2.75) is 19.3 Å². The zero-order valence-electron chi connectivity index (χ0n) is 8.57. The van der Waals surface area contributed by atoms with Crippen molar-refractivity contribution in [2.75, 3.05) is 11.9 Å². The van der Waals surface area contributed by atoms with E-state index < -0.39 is 0 Å². The van der Waals surface area contributed by atoms with Crippen molar-refractivity contribution in [1.82, 2.24) is 4.98 Å². The van der Waals surface area contributed by atoms with Gasteiger partial charge in [-0.15, -0.1) is 0 Å². The molecule has 0 amide bonds. The van der Waals surface area contributed by atoms with E-state index in [9.17, 15) is 0 Å². The highest BCUT2D eigenvalue weighted by molar-refractivity contribution is 7.80. The third-order valence-corrected chi connectivity index (χ3v) is 3.01. The first-order valence-electron chi connectivity index (χ1n) is 5.26. The summed E-state index contributed by atoms with van der Waals surface area (Å²) in [5.74, 6) is 1.69. The molecule has 15 heavy (non-hydrogen) atoms. The van der Waals surface area contributed by atoms with Crippen LogP contribution in [0.1, 0.15) is 25.0 Å². The van der Waals surface area contributed by atoms with Crippen molar-refractivity contribution >= 4 is 23.0 Å². The van der Waals surface area contributed by atoms with Gasteiger partial charge in [0.1, 0.15) is 10.8 Å². The Bertz CT molecular complexity index is 361. The number of hydrogen-bond donors (Lipinski definition) is 2. The van der Waals surface area contributed by atoms with Gasteiger partial charge < -0.3 is 11.1 Å². The first-order chi connectivity index (χ1) is 7.25. The maximum atomic E-state index is 5.52. The highest BCUT2D eigenvalue weighted by atomic mass is 32.1. The van der Waals surface area contributed by atoms with E-state index in [4.69, 9.17) is 18.0 Å². The highest BCUT2D eigenvalue weighted by Crippen LogP contribution is 2.26. The van der Waals surface area contributed by atoms with Crippen LogP contribution in [0.5, 0.6) is 0 Å². The van der Waals surface area contributed by atoms with Crippen LogP contribution in [0.25, 0.3) is 0 Å². The second-order valence-electron chi connectivity index (χ2n) is 3.95. The third-order valence-electron chi connectivity index (χ3n) is 2.80. The lowest BCUT2D eigenvalue weighted by Gasteiger charge is -2.25. The molecule has 80 valence electrons. The van der Waals surface area contributed by atoms with Gasteiger partial charge in [0.15, 0.2) is 0 Å². The molecule has 0 unspecified atom stereocenters. The van der Waals surface area contributed by atoms with Crippen LogP contribution in [-0.4, -0.2) is 16.5 Å². The summed E-state index contributed by atoms with van der Waals surface area (Å²) in [5, 5.41) is 3.32. The van der Waals surface area contributed by atoms with E-state index in [1.54, 1.807) is 0 Å². The number of nitrogens with zero attached hydrogens (tertiary/aromatic N) is 1. The smallest absolute Gasteiger partial charge is 0.126 e. The Kier molecular flexibility index (Phi) is 3.16. The van der Waals surface area contributed by atoms with Crippen LogP contribution in [0.4, 0.5) is 5.82 Å². The van der Waals surface area contributed by atoms with Gasteiger partial charge in [0.05, 0.1) is 5.69 Å². The molecule has 1 fully saturated rings. The summed E-state index contributed by atoms with van der Waals surface area (Å²) in [7, 11) is 0. The van der Waals surface area contributed by atoms with Gasteiger partial charge in [0.25, 0.3) is 0 Å². The van der Waals surface area contributed by atoms with Crippen molar-refractivity contribution in [3.8, 4) is 0 Å². The molecule has 0 aliphatic heterocycles. The summed E-state index contributed by atoms with van der Waals surface area (Å²) >= 11 is 4.88. The van der Waals surface area contributed by atoms with Crippen LogP contribution in [0.15, 0.2) is 18.2 Å². The van der Waals surface area contributed by atoms with E-state index in [0.717, 1.165) is 18.3 Å². The molecule has 0 atom stereocenters. The highest BCUT2D eigenvalue weighted by Gasteiger charge is 2.16. The zero-order chi connectivity index (χ0) is 10.7. The second-order valence-corrected chi connectivity index (χ2v) is 4.39. The van der Waals surface area contributed by atoms with Crippen LogP contribution in [-0.2, 0) is 0 Å². The van der Waals surface area contributed by atoms with E-state index in [1.165, 1.54) is 19.3 Å². The van der Waals surface area contributed by atoms with E-state index in [0.29, 0.717) is 10.7 Å². The molecule has 0 bridgehead atoms. The lowest BCUT2D eigenvalue weighted by atomic mass is 9.85. The fourth-order valence-corrected chi connectivity index (χ4v) is 1.73. The maximum Gasteiger partial charge on any atom is 0.126 e. The summed E-state index contributed by atoms with van der Waals surface area (Å²) in [6.07, 6.45) is 4.04. The van der Waals surface area contributed by atoms with Crippen LogP contribution in [0, 0.1) is 5.92 Å². The molecule has 0 spiro atoms. The molecular weight excluding hydrogens is 206 g/mol. The molecule has 1 aromatic rings. The minimum absolute atomic E-state index is 0.349. The maximum absolute atomic E-state index is 5.52. The molecule has 0 aromatic carbocycles. The fraction of sp³-hybridized carbons (Fsp3) is 0.455. The Labute approximate surface area is 95.1 Å².